The number of piperazine rings is 1. The van der Waals surface area contributed by atoms with Crippen LogP contribution in [0.1, 0.15) is 43.6 Å². The Balaban J connectivity index is 0.827. The molecule has 0 unspecified atom stereocenters. The van der Waals surface area contributed by atoms with E-state index in [0.29, 0.717) is 34.9 Å². The van der Waals surface area contributed by atoms with Crippen LogP contribution in [-0.2, 0) is 13.1 Å². The van der Waals surface area contributed by atoms with Crippen molar-refractivity contribution in [3.05, 3.63) is 137 Å². The van der Waals surface area contributed by atoms with Gasteiger partial charge in [-0.15, -0.1) is 5.10 Å². The third kappa shape index (κ3) is 7.37. The van der Waals surface area contributed by atoms with Crippen LogP contribution in [0, 0.1) is 19.7 Å². The summed E-state index contributed by atoms with van der Waals surface area (Å²) in [6, 6.07) is 23.0. The van der Waals surface area contributed by atoms with Gasteiger partial charge in [0.1, 0.15) is 35.2 Å². The smallest absolute Gasteiger partial charge is 0.287 e. The summed E-state index contributed by atoms with van der Waals surface area (Å²) in [5.41, 5.74) is 6.59. The van der Waals surface area contributed by atoms with Crippen LogP contribution < -0.4 is 20.4 Å². The van der Waals surface area contributed by atoms with Crippen molar-refractivity contribution in [1.82, 2.24) is 39.9 Å². The molecule has 0 atom stereocenters. The molecule has 1 saturated heterocycles. The largest absolute Gasteiger partial charge is 0.454 e. The Bertz CT molecular complexity index is 2450. The summed E-state index contributed by atoms with van der Waals surface area (Å²) >= 11 is 0. The Morgan fingerprint density at radius 3 is 2.46 bits per heavy atom. The number of benzene rings is 2. The first-order valence-corrected chi connectivity index (χ1v) is 17.5. The van der Waals surface area contributed by atoms with Gasteiger partial charge in [0, 0.05) is 67.2 Å². The van der Waals surface area contributed by atoms with Crippen LogP contribution >= 0.6 is 0 Å². The fraction of sp³-hybridized carbons (Fsp3) is 0.205. The van der Waals surface area contributed by atoms with Gasteiger partial charge in [-0.1, -0.05) is 17.3 Å². The number of carbonyl (C=O) groups excluding carboxylic acids is 2. The summed E-state index contributed by atoms with van der Waals surface area (Å²) in [5, 5.41) is 18.7. The van der Waals surface area contributed by atoms with Gasteiger partial charge in [0.2, 0.25) is 0 Å². The highest BCUT2D eigenvalue weighted by Crippen LogP contribution is 2.23. The average molecular weight is 726 g/mol. The fourth-order valence-electron chi connectivity index (χ4n) is 6.46. The number of aromatic nitrogens is 7. The molecule has 0 spiro atoms. The lowest BCUT2D eigenvalue weighted by molar-refractivity contribution is 0.0920. The molecule has 2 N–H and O–H groups in total. The lowest BCUT2D eigenvalue weighted by Gasteiger charge is -2.36. The first-order valence-electron chi connectivity index (χ1n) is 17.5. The summed E-state index contributed by atoms with van der Waals surface area (Å²) in [7, 11) is 0. The van der Waals surface area contributed by atoms with E-state index in [4.69, 9.17) is 4.42 Å². The number of pyridine rings is 1. The van der Waals surface area contributed by atoms with Crippen LogP contribution in [0.25, 0.3) is 16.9 Å². The van der Waals surface area contributed by atoms with Crippen molar-refractivity contribution in [2.24, 2.45) is 0 Å². The molecule has 54 heavy (non-hydrogen) atoms. The maximum Gasteiger partial charge on any atom is 0.287 e. The van der Waals surface area contributed by atoms with Crippen LogP contribution in [0.15, 0.2) is 102 Å². The molecule has 6 heterocycles. The molecule has 14 nitrogen and oxygen atoms in total. The maximum atomic E-state index is 13.3. The second-order valence-electron chi connectivity index (χ2n) is 13.1. The molecule has 15 heteroatoms. The summed E-state index contributed by atoms with van der Waals surface area (Å²) < 4.78 is 22.5. The third-order valence-corrected chi connectivity index (χ3v) is 9.26. The Morgan fingerprint density at radius 2 is 1.67 bits per heavy atom. The molecule has 0 saturated carbocycles. The first-order chi connectivity index (χ1) is 26.3. The number of anilines is 3. The molecule has 8 rings (SSSR count). The molecule has 1 aliphatic heterocycles. The number of fused-ring (bicyclic) bond motifs is 1. The number of carbonyl (C=O) groups is 2. The Labute approximate surface area is 309 Å². The van der Waals surface area contributed by atoms with E-state index in [1.807, 2.05) is 44.2 Å². The van der Waals surface area contributed by atoms with Gasteiger partial charge in [-0.25, -0.2) is 23.6 Å². The summed E-state index contributed by atoms with van der Waals surface area (Å²) in [5.74, 6) is 0.715. The van der Waals surface area contributed by atoms with E-state index in [-0.39, 0.29) is 29.9 Å². The van der Waals surface area contributed by atoms with Crippen molar-refractivity contribution in [1.29, 1.82) is 0 Å². The van der Waals surface area contributed by atoms with Crippen molar-refractivity contribution < 1.29 is 18.4 Å². The number of nitrogens with zero attached hydrogens (tertiary/aromatic N) is 9. The number of halogens is 1. The molecule has 0 aliphatic carbocycles. The molecule has 2 amide bonds. The van der Waals surface area contributed by atoms with Crippen LogP contribution in [-0.4, -0.2) is 72.6 Å². The lowest BCUT2D eigenvalue weighted by Crippen LogP contribution is -2.46. The molecule has 272 valence electrons. The highest BCUT2D eigenvalue weighted by molar-refractivity contribution is 6.08. The normalized spacial score (nSPS) is 13.0. The second kappa shape index (κ2) is 14.6. The van der Waals surface area contributed by atoms with Gasteiger partial charge in [0.05, 0.1) is 12.4 Å². The topological polar surface area (TPSA) is 152 Å². The number of rotatable bonds is 10. The highest BCUT2D eigenvalue weighted by Gasteiger charge is 2.20. The lowest BCUT2D eigenvalue weighted by atomic mass is 10.1. The monoisotopic (exact) mass is 725 g/mol. The molecule has 1 fully saturated rings. The molecular formula is C39H36FN11O3. The van der Waals surface area contributed by atoms with Crippen molar-refractivity contribution in [3.63, 3.8) is 0 Å². The predicted molar refractivity (Wildman–Crippen MR) is 200 cm³/mol. The number of aryl methyl sites for hydroxylation is 2. The first kappa shape index (κ1) is 34.2. The minimum absolute atomic E-state index is 0.194. The van der Waals surface area contributed by atoms with E-state index < -0.39 is 0 Å². The molecule has 5 aromatic heterocycles. The Hall–Kier alpha value is -6.90. The number of furan rings is 1. The Kier molecular flexibility index (Phi) is 9.26. The minimum atomic E-state index is -0.331. The summed E-state index contributed by atoms with van der Waals surface area (Å²) in [6.45, 7) is 7.53. The molecule has 0 bridgehead atoms. The fourth-order valence-corrected chi connectivity index (χ4v) is 6.46. The molecule has 0 radical (unpaired) electrons. The number of hydrogen-bond donors (Lipinski definition) is 2. The van der Waals surface area contributed by atoms with Crippen LogP contribution in [0.4, 0.5) is 21.6 Å². The number of amides is 2. The van der Waals surface area contributed by atoms with Gasteiger partial charge in [-0.3, -0.25) is 9.59 Å². The van der Waals surface area contributed by atoms with Crippen LogP contribution in [0.2, 0.25) is 0 Å². The molecule has 7 aromatic rings. The number of nitrogens with one attached hydrogen (secondary N) is 2. The van der Waals surface area contributed by atoms with Crippen LogP contribution in [0.5, 0.6) is 0 Å². The van der Waals surface area contributed by atoms with Crippen molar-refractivity contribution in [3.8, 4) is 11.3 Å². The standard InChI is InChI=1S/C39H36FN11O3/c1-25-19-26(2)51-37(44-25)33(22-43-51)38(52)45-30-7-3-28(4-8-30)34-24-50(47-46-34)23-32-11-12-35(54-32)39(53)42-21-27-13-14-41-36(20-27)49-17-15-48(16-18-49)31-9-5-29(40)6-10-31/h3-14,19-20,22,24H,15-18,21,23H2,1-2H3,(H,42,53)(H,45,52). The third-order valence-electron chi connectivity index (χ3n) is 9.26. The minimum Gasteiger partial charge on any atom is -0.454 e. The second-order valence-corrected chi connectivity index (χ2v) is 13.1. The zero-order chi connectivity index (χ0) is 37.2. The van der Waals surface area contributed by atoms with Crippen molar-refractivity contribution in [2.45, 2.75) is 26.9 Å². The van der Waals surface area contributed by atoms with Gasteiger partial charge in [-0.05, 0) is 86.1 Å². The Morgan fingerprint density at radius 1 is 0.889 bits per heavy atom. The van der Waals surface area contributed by atoms with E-state index in [2.05, 4.69) is 45.8 Å². The molecule has 1 aliphatic rings. The average Bonchev–Trinajstić information content (AvgIpc) is 3.96. The molecular weight excluding hydrogens is 690 g/mol. The maximum absolute atomic E-state index is 13.3. The van der Waals surface area contributed by atoms with Gasteiger partial charge >= 0.3 is 0 Å². The predicted octanol–water partition coefficient (Wildman–Crippen LogP) is 5.29. The quantitative estimate of drug-likeness (QED) is 0.190. The van der Waals surface area contributed by atoms with Gasteiger partial charge in [0.15, 0.2) is 11.4 Å². The SMILES string of the molecule is Cc1cc(C)n2ncc(C(=O)Nc3ccc(-c4cn(Cc5ccc(C(=O)NCc6ccnc(N7CCN(c8ccc(F)cc8)CC7)c6)o5)nn4)cc3)c2n1. The van der Waals surface area contributed by atoms with Crippen LogP contribution in [0.3, 0.4) is 0 Å². The highest BCUT2D eigenvalue weighted by atomic mass is 19.1. The van der Waals surface area contributed by atoms with Gasteiger partial charge in [0.25, 0.3) is 11.8 Å². The van der Waals surface area contributed by atoms with Gasteiger partial charge < -0.3 is 24.9 Å². The zero-order valence-corrected chi connectivity index (χ0v) is 29.6. The van der Waals surface area contributed by atoms with E-state index in [9.17, 15) is 14.0 Å². The van der Waals surface area contributed by atoms with E-state index in [0.717, 1.165) is 60.2 Å². The summed E-state index contributed by atoms with van der Waals surface area (Å²) in [4.78, 5) is 39.5. The summed E-state index contributed by atoms with van der Waals surface area (Å²) in [6.07, 6.45) is 5.05. The van der Waals surface area contributed by atoms with Crippen molar-refractivity contribution in [2.75, 3.05) is 41.3 Å². The zero-order valence-electron chi connectivity index (χ0n) is 29.6. The van der Waals surface area contributed by atoms with E-state index in [1.54, 1.807) is 58.0 Å². The number of hydrogen-bond acceptors (Lipinski definition) is 10. The molecule has 2 aromatic carbocycles. The van der Waals surface area contributed by atoms with Gasteiger partial charge in [-0.2, -0.15) is 5.10 Å². The van der Waals surface area contributed by atoms with Crippen molar-refractivity contribution >= 4 is 34.7 Å². The van der Waals surface area contributed by atoms with E-state index in [1.165, 1.54) is 18.3 Å². The van der Waals surface area contributed by atoms with E-state index >= 15 is 0 Å².